The second-order valence-corrected chi connectivity index (χ2v) is 6.99. The highest BCUT2D eigenvalue weighted by atomic mass is 79.9. The van der Waals surface area contributed by atoms with Crippen LogP contribution in [0.2, 0.25) is 0 Å². The number of benzene rings is 1. The van der Waals surface area contributed by atoms with E-state index >= 15 is 0 Å². The van der Waals surface area contributed by atoms with Gasteiger partial charge in [0, 0.05) is 30.2 Å². The number of rotatable bonds is 3. The smallest absolute Gasteiger partial charge is 0.139 e. The highest BCUT2D eigenvalue weighted by molar-refractivity contribution is 9.10. The fraction of sp³-hybridized carbons (Fsp3) is 0.462. The molecule has 2 aromatic rings. The predicted molar refractivity (Wildman–Crippen MR) is 82.8 cm³/mol. The Morgan fingerprint density at radius 1 is 1.53 bits per heavy atom. The maximum atomic E-state index is 13.8. The Hall–Kier alpha value is -0.260. The van der Waals surface area contributed by atoms with Crippen molar-refractivity contribution in [3.05, 3.63) is 28.2 Å². The number of nitrogens with zero attached hydrogens (tertiary/aromatic N) is 2. The third-order valence-corrected chi connectivity index (χ3v) is 5.34. The van der Waals surface area contributed by atoms with Crippen LogP contribution in [0.25, 0.3) is 11.0 Å². The van der Waals surface area contributed by atoms with Crippen LogP contribution in [-0.4, -0.2) is 26.9 Å². The number of halogens is 3. The zero-order valence-electron chi connectivity index (χ0n) is 10.2. The molecule has 0 aliphatic carbocycles. The van der Waals surface area contributed by atoms with Crippen LogP contribution < -0.4 is 0 Å². The summed E-state index contributed by atoms with van der Waals surface area (Å²) in [7, 11) is 0. The highest BCUT2D eigenvalue weighted by Crippen LogP contribution is 2.34. The summed E-state index contributed by atoms with van der Waals surface area (Å²) in [6, 6.07) is 3.74. The molecular weight excluding hydrogens is 351 g/mol. The lowest BCUT2D eigenvalue weighted by atomic mass is 10.2. The van der Waals surface area contributed by atoms with E-state index in [0.717, 1.165) is 41.2 Å². The zero-order chi connectivity index (χ0) is 13.4. The number of fused-ring (bicyclic) bond motifs is 1. The molecule has 1 fully saturated rings. The molecule has 1 aliphatic heterocycles. The summed E-state index contributed by atoms with van der Waals surface area (Å²) in [5.41, 5.74) is 1.72. The molecule has 1 aliphatic rings. The average Bonchev–Trinajstić information content (AvgIpc) is 2.98. The molecule has 19 heavy (non-hydrogen) atoms. The lowest BCUT2D eigenvalue weighted by Crippen LogP contribution is -2.12. The van der Waals surface area contributed by atoms with Gasteiger partial charge in [0.05, 0.1) is 15.5 Å². The van der Waals surface area contributed by atoms with Gasteiger partial charge in [0.2, 0.25) is 0 Å². The molecule has 0 N–H and O–H groups in total. The molecule has 1 atom stereocenters. The van der Waals surface area contributed by atoms with E-state index in [0.29, 0.717) is 16.4 Å². The summed E-state index contributed by atoms with van der Waals surface area (Å²) in [4.78, 5) is 4.62. The van der Waals surface area contributed by atoms with Crippen molar-refractivity contribution >= 4 is 50.3 Å². The summed E-state index contributed by atoms with van der Waals surface area (Å²) in [5.74, 6) is 3.49. The van der Waals surface area contributed by atoms with E-state index in [1.807, 2.05) is 11.8 Å². The standard InChI is InChI=1S/C13H13BrClFN2S/c14-9-5-11-12(6-10(9)16)18(8-2-4-19-7-8)13(17-11)1-3-15/h5-6,8H,1-4,7H2. The third-order valence-electron chi connectivity index (χ3n) is 3.39. The Kier molecular flexibility index (Phi) is 4.06. The maximum absolute atomic E-state index is 13.8. The van der Waals surface area contributed by atoms with Crippen molar-refractivity contribution in [3.63, 3.8) is 0 Å². The Labute approximate surface area is 128 Å². The van der Waals surface area contributed by atoms with E-state index in [4.69, 9.17) is 11.6 Å². The molecule has 6 heteroatoms. The topological polar surface area (TPSA) is 17.8 Å². The summed E-state index contributed by atoms with van der Waals surface area (Å²) < 4.78 is 16.4. The van der Waals surface area contributed by atoms with E-state index in [2.05, 4.69) is 25.5 Å². The summed E-state index contributed by atoms with van der Waals surface area (Å²) >= 11 is 11.0. The monoisotopic (exact) mass is 362 g/mol. The molecule has 3 rings (SSSR count). The van der Waals surface area contributed by atoms with Gasteiger partial charge in [-0.3, -0.25) is 0 Å². The first-order valence-corrected chi connectivity index (χ1v) is 8.68. The Morgan fingerprint density at radius 3 is 3.05 bits per heavy atom. The second kappa shape index (κ2) is 5.62. The largest absolute Gasteiger partial charge is 0.324 e. The fourth-order valence-electron chi connectivity index (χ4n) is 2.53. The van der Waals surface area contributed by atoms with E-state index in [-0.39, 0.29) is 5.82 Å². The lowest BCUT2D eigenvalue weighted by Gasteiger charge is -2.15. The quantitative estimate of drug-likeness (QED) is 0.752. The van der Waals surface area contributed by atoms with Crippen LogP contribution in [0.1, 0.15) is 18.3 Å². The van der Waals surface area contributed by atoms with E-state index in [1.165, 1.54) is 0 Å². The summed E-state index contributed by atoms with van der Waals surface area (Å²) in [5, 5.41) is 0. The number of hydrogen-bond acceptors (Lipinski definition) is 2. The summed E-state index contributed by atoms with van der Waals surface area (Å²) in [6.07, 6.45) is 1.83. The van der Waals surface area contributed by atoms with Gasteiger partial charge >= 0.3 is 0 Å². The minimum Gasteiger partial charge on any atom is -0.324 e. The summed E-state index contributed by atoms with van der Waals surface area (Å²) in [6.45, 7) is 0. The van der Waals surface area contributed by atoms with Crippen molar-refractivity contribution in [1.29, 1.82) is 0 Å². The fourth-order valence-corrected chi connectivity index (χ4v) is 4.23. The van der Waals surface area contributed by atoms with Crippen LogP contribution in [0.3, 0.4) is 0 Å². The minimum absolute atomic E-state index is 0.239. The third kappa shape index (κ3) is 2.52. The normalized spacial score (nSPS) is 19.4. The van der Waals surface area contributed by atoms with Crippen LogP contribution >= 0.6 is 39.3 Å². The maximum Gasteiger partial charge on any atom is 0.139 e. The Morgan fingerprint density at radius 2 is 2.37 bits per heavy atom. The molecule has 0 amide bonds. The highest BCUT2D eigenvalue weighted by Gasteiger charge is 2.23. The van der Waals surface area contributed by atoms with Gasteiger partial charge in [-0.1, -0.05) is 0 Å². The molecule has 2 heterocycles. The first kappa shape index (κ1) is 13.7. The van der Waals surface area contributed by atoms with Gasteiger partial charge in [-0.15, -0.1) is 11.6 Å². The average molecular weight is 364 g/mol. The molecule has 0 radical (unpaired) electrons. The number of alkyl halides is 1. The first-order chi connectivity index (χ1) is 9.20. The van der Waals surface area contributed by atoms with Crippen molar-refractivity contribution in [1.82, 2.24) is 9.55 Å². The Balaban J connectivity index is 2.19. The molecule has 102 valence electrons. The SMILES string of the molecule is Fc1cc2c(cc1Br)nc(CCCl)n2C1CCSC1. The van der Waals surface area contributed by atoms with E-state index < -0.39 is 0 Å². The van der Waals surface area contributed by atoms with Gasteiger partial charge in [0.1, 0.15) is 11.6 Å². The van der Waals surface area contributed by atoms with Crippen molar-refractivity contribution in [2.45, 2.75) is 18.9 Å². The number of aromatic nitrogens is 2. The zero-order valence-corrected chi connectivity index (χ0v) is 13.4. The van der Waals surface area contributed by atoms with Gasteiger partial charge in [-0.25, -0.2) is 9.37 Å². The molecule has 2 nitrogen and oxygen atoms in total. The van der Waals surface area contributed by atoms with Gasteiger partial charge in [-0.05, 0) is 34.2 Å². The molecule has 1 unspecified atom stereocenters. The van der Waals surface area contributed by atoms with Crippen molar-refractivity contribution < 1.29 is 4.39 Å². The molecule has 1 saturated heterocycles. The molecule has 0 bridgehead atoms. The molecule has 0 spiro atoms. The van der Waals surface area contributed by atoms with Crippen LogP contribution in [0.5, 0.6) is 0 Å². The molecule has 1 aromatic heterocycles. The van der Waals surface area contributed by atoms with Crippen LogP contribution in [0, 0.1) is 5.82 Å². The van der Waals surface area contributed by atoms with Crippen molar-refractivity contribution in [2.24, 2.45) is 0 Å². The second-order valence-electron chi connectivity index (χ2n) is 4.61. The van der Waals surface area contributed by atoms with E-state index in [1.54, 1.807) is 12.1 Å². The minimum atomic E-state index is -0.239. The van der Waals surface area contributed by atoms with Crippen molar-refractivity contribution in [2.75, 3.05) is 17.4 Å². The van der Waals surface area contributed by atoms with Gasteiger partial charge in [0.25, 0.3) is 0 Å². The van der Waals surface area contributed by atoms with Gasteiger partial charge in [-0.2, -0.15) is 11.8 Å². The molecule has 0 saturated carbocycles. The number of imidazole rings is 1. The number of aryl methyl sites for hydroxylation is 1. The van der Waals surface area contributed by atoms with Crippen LogP contribution in [0.15, 0.2) is 16.6 Å². The number of thioether (sulfide) groups is 1. The molecular formula is C13H13BrClFN2S. The predicted octanol–water partition coefficient (Wildman–Crippen LogP) is 4.40. The number of hydrogen-bond donors (Lipinski definition) is 0. The van der Waals surface area contributed by atoms with Crippen LogP contribution in [0.4, 0.5) is 4.39 Å². The van der Waals surface area contributed by atoms with Gasteiger partial charge in [0.15, 0.2) is 0 Å². The first-order valence-electron chi connectivity index (χ1n) is 6.20. The van der Waals surface area contributed by atoms with Gasteiger partial charge < -0.3 is 4.57 Å². The Bertz CT molecular complexity index is 610. The van der Waals surface area contributed by atoms with Crippen LogP contribution in [-0.2, 0) is 6.42 Å². The van der Waals surface area contributed by atoms with Crippen molar-refractivity contribution in [3.8, 4) is 0 Å². The molecule has 1 aromatic carbocycles. The van der Waals surface area contributed by atoms with E-state index in [9.17, 15) is 4.39 Å². The lowest BCUT2D eigenvalue weighted by molar-refractivity contribution is 0.550.